The fourth-order valence-corrected chi connectivity index (χ4v) is 3.71. The van der Waals surface area contributed by atoms with Crippen LogP contribution < -0.4 is 4.90 Å². The maximum Gasteiger partial charge on any atom is 0.140 e. The van der Waals surface area contributed by atoms with Gasteiger partial charge in [-0.25, -0.2) is 0 Å². The van der Waals surface area contributed by atoms with Crippen molar-refractivity contribution in [1.82, 2.24) is 0 Å². The Kier molecular flexibility index (Phi) is 3.68. The first-order valence-electron chi connectivity index (χ1n) is 9.14. The van der Waals surface area contributed by atoms with E-state index in [-0.39, 0.29) is 0 Å². The first-order chi connectivity index (χ1) is 13.3. The van der Waals surface area contributed by atoms with Crippen LogP contribution in [0.25, 0.3) is 21.9 Å². The van der Waals surface area contributed by atoms with Crippen molar-refractivity contribution in [2.24, 2.45) is 0 Å². The van der Waals surface area contributed by atoms with E-state index in [0.717, 1.165) is 44.6 Å². The zero-order chi connectivity index (χ0) is 18.2. The number of hydrogen-bond donors (Lipinski definition) is 0. The number of fused-ring (bicyclic) bond motifs is 3. The van der Waals surface area contributed by atoms with Gasteiger partial charge in [0.1, 0.15) is 11.2 Å². The molecule has 1 aromatic heterocycles. The average molecular weight is 349 g/mol. The highest BCUT2D eigenvalue weighted by atomic mass is 16.3. The Morgan fingerprint density at radius 2 is 1.22 bits per heavy atom. The maximum atomic E-state index is 6.22. The van der Waals surface area contributed by atoms with Crippen molar-refractivity contribution in [3.8, 4) is 0 Å². The number of hydrogen-bond acceptors (Lipinski definition) is 2. The van der Waals surface area contributed by atoms with E-state index in [1.807, 2.05) is 24.3 Å². The fourth-order valence-electron chi connectivity index (χ4n) is 3.71. The van der Waals surface area contributed by atoms with Crippen LogP contribution in [-0.2, 0) is 0 Å². The third kappa shape index (κ3) is 2.58. The Morgan fingerprint density at radius 3 is 1.89 bits per heavy atom. The maximum absolute atomic E-state index is 6.22. The van der Waals surface area contributed by atoms with E-state index in [0.29, 0.717) is 0 Å². The van der Waals surface area contributed by atoms with Gasteiger partial charge < -0.3 is 9.32 Å². The number of nitrogens with zero attached hydrogens (tertiary/aromatic N) is 1. The van der Waals surface area contributed by atoms with E-state index >= 15 is 0 Å². The van der Waals surface area contributed by atoms with Gasteiger partial charge in [0.25, 0.3) is 0 Å². The lowest BCUT2D eigenvalue weighted by atomic mass is 10.1. The van der Waals surface area contributed by atoms with Crippen LogP contribution >= 0.6 is 0 Å². The van der Waals surface area contributed by atoms with E-state index in [1.165, 1.54) is 0 Å². The molecule has 0 saturated carbocycles. The summed E-state index contributed by atoms with van der Waals surface area (Å²) < 4.78 is 6.22. The van der Waals surface area contributed by atoms with E-state index in [4.69, 9.17) is 4.42 Å². The molecule has 0 aliphatic carbocycles. The van der Waals surface area contributed by atoms with Crippen LogP contribution in [0.2, 0.25) is 0 Å². The molecule has 0 amide bonds. The second-order valence-electron chi connectivity index (χ2n) is 6.71. The van der Waals surface area contributed by atoms with Crippen molar-refractivity contribution in [2.75, 3.05) is 4.90 Å². The lowest BCUT2D eigenvalue weighted by Gasteiger charge is -2.26. The molecule has 0 spiro atoms. The van der Waals surface area contributed by atoms with Gasteiger partial charge in [0.2, 0.25) is 0 Å². The first kappa shape index (κ1) is 15.7. The molecule has 0 fully saturated rings. The van der Waals surface area contributed by atoms with E-state index < -0.39 is 0 Å². The van der Waals surface area contributed by atoms with Gasteiger partial charge in [0.05, 0.1) is 11.1 Å². The van der Waals surface area contributed by atoms with E-state index in [2.05, 4.69) is 84.6 Å². The predicted molar refractivity (Wildman–Crippen MR) is 113 cm³/mol. The lowest BCUT2D eigenvalue weighted by molar-refractivity contribution is 0.666. The summed E-state index contributed by atoms with van der Waals surface area (Å²) in [6.07, 6.45) is 0. The van der Waals surface area contributed by atoms with Crippen LogP contribution in [0.1, 0.15) is 5.56 Å². The molecule has 1 heterocycles. The highest BCUT2D eigenvalue weighted by Gasteiger charge is 2.19. The molecular weight excluding hydrogens is 330 g/mol. The van der Waals surface area contributed by atoms with Crippen molar-refractivity contribution in [1.29, 1.82) is 0 Å². The lowest BCUT2D eigenvalue weighted by Crippen LogP contribution is -2.10. The summed E-state index contributed by atoms with van der Waals surface area (Å²) in [5.41, 5.74) is 6.39. The summed E-state index contributed by atoms with van der Waals surface area (Å²) in [6, 6.07) is 33.5. The summed E-state index contributed by atoms with van der Waals surface area (Å²) in [6.45, 7) is 2.10. The van der Waals surface area contributed by atoms with Gasteiger partial charge in [-0.05, 0) is 48.9 Å². The average Bonchev–Trinajstić information content (AvgIpc) is 3.12. The zero-order valence-electron chi connectivity index (χ0n) is 15.1. The summed E-state index contributed by atoms with van der Waals surface area (Å²) in [7, 11) is 0. The largest absolute Gasteiger partial charge is 0.456 e. The van der Waals surface area contributed by atoms with Gasteiger partial charge >= 0.3 is 0 Å². The van der Waals surface area contributed by atoms with Crippen molar-refractivity contribution in [2.45, 2.75) is 6.92 Å². The predicted octanol–water partition coefficient (Wildman–Crippen LogP) is 7.36. The third-order valence-electron chi connectivity index (χ3n) is 4.97. The molecule has 0 aliphatic rings. The molecule has 2 nitrogen and oxygen atoms in total. The second kappa shape index (κ2) is 6.33. The Balaban J connectivity index is 1.88. The molecule has 0 saturated heterocycles. The normalized spacial score (nSPS) is 11.1. The molecule has 0 atom stereocenters. The summed E-state index contributed by atoms with van der Waals surface area (Å²) in [5.74, 6) is 0. The van der Waals surface area contributed by atoms with Crippen LogP contribution in [-0.4, -0.2) is 0 Å². The van der Waals surface area contributed by atoms with Gasteiger partial charge in [-0.3, -0.25) is 0 Å². The standard InChI is InChI=1S/C25H19NO/c1-18-16-17-22(24-21-14-8-9-15-23(21)27-25(18)24)26(19-10-4-2-5-11-19)20-12-6-3-7-13-20/h2-17H,1H3. The third-order valence-corrected chi connectivity index (χ3v) is 4.97. The molecule has 2 heteroatoms. The van der Waals surface area contributed by atoms with Crippen LogP contribution in [0, 0.1) is 6.92 Å². The smallest absolute Gasteiger partial charge is 0.140 e. The molecule has 5 rings (SSSR count). The number of para-hydroxylation sites is 3. The van der Waals surface area contributed by atoms with Crippen LogP contribution in [0.5, 0.6) is 0 Å². The Morgan fingerprint density at radius 1 is 0.630 bits per heavy atom. The Labute approximate surface area is 158 Å². The Hall–Kier alpha value is -3.52. The highest BCUT2D eigenvalue weighted by molar-refractivity contribution is 6.14. The van der Waals surface area contributed by atoms with Crippen molar-refractivity contribution in [3.63, 3.8) is 0 Å². The molecule has 0 bridgehead atoms. The zero-order valence-corrected chi connectivity index (χ0v) is 15.1. The molecule has 27 heavy (non-hydrogen) atoms. The molecule has 130 valence electrons. The number of rotatable bonds is 3. The van der Waals surface area contributed by atoms with Gasteiger partial charge in [-0.2, -0.15) is 0 Å². The summed E-state index contributed by atoms with van der Waals surface area (Å²) in [5, 5.41) is 2.29. The minimum atomic E-state index is 0.920. The minimum Gasteiger partial charge on any atom is -0.456 e. The molecule has 4 aromatic carbocycles. The number of aryl methyl sites for hydroxylation is 1. The summed E-state index contributed by atoms with van der Waals surface area (Å²) >= 11 is 0. The SMILES string of the molecule is Cc1ccc(N(c2ccccc2)c2ccccc2)c2c1oc1ccccc12. The second-order valence-corrected chi connectivity index (χ2v) is 6.71. The molecule has 0 radical (unpaired) electrons. The topological polar surface area (TPSA) is 16.4 Å². The molecule has 0 aliphatic heterocycles. The van der Waals surface area contributed by atoms with Crippen LogP contribution in [0.4, 0.5) is 17.1 Å². The monoisotopic (exact) mass is 349 g/mol. The fraction of sp³-hybridized carbons (Fsp3) is 0.0400. The molecule has 0 unspecified atom stereocenters. The quantitative estimate of drug-likeness (QED) is 0.338. The molecule has 0 N–H and O–H groups in total. The van der Waals surface area contributed by atoms with Crippen molar-refractivity contribution >= 4 is 39.0 Å². The van der Waals surface area contributed by atoms with Gasteiger partial charge in [0.15, 0.2) is 0 Å². The highest BCUT2D eigenvalue weighted by Crippen LogP contribution is 2.43. The molecular formula is C25H19NO. The van der Waals surface area contributed by atoms with E-state index in [1.54, 1.807) is 0 Å². The number of furan rings is 1. The molecule has 5 aromatic rings. The van der Waals surface area contributed by atoms with Gasteiger partial charge in [0, 0.05) is 16.8 Å². The Bertz CT molecular complexity index is 1180. The van der Waals surface area contributed by atoms with Crippen molar-refractivity contribution < 1.29 is 4.42 Å². The number of anilines is 3. The first-order valence-corrected chi connectivity index (χ1v) is 9.14. The van der Waals surface area contributed by atoms with Gasteiger partial charge in [-0.1, -0.05) is 60.7 Å². The van der Waals surface area contributed by atoms with E-state index in [9.17, 15) is 0 Å². The summed E-state index contributed by atoms with van der Waals surface area (Å²) in [4.78, 5) is 2.30. The van der Waals surface area contributed by atoms with Crippen LogP contribution in [0.3, 0.4) is 0 Å². The van der Waals surface area contributed by atoms with Crippen molar-refractivity contribution in [3.05, 3.63) is 103 Å². The number of benzene rings is 4. The van der Waals surface area contributed by atoms with Gasteiger partial charge in [-0.15, -0.1) is 0 Å². The van der Waals surface area contributed by atoms with Crippen LogP contribution in [0.15, 0.2) is 101 Å². The minimum absolute atomic E-state index is 0.920.